The molecule has 0 bridgehead atoms. The second kappa shape index (κ2) is 4.72. The van der Waals surface area contributed by atoms with Crippen molar-refractivity contribution in [2.45, 2.75) is 19.8 Å². The molecule has 1 heterocycles. The van der Waals surface area contributed by atoms with Gasteiger partial charge in [-0.1, -0.05) is 24.9 Å². The molecule has 88 valence electrons. The molecule has 1 N–H and O–H groups in total. The van der Waals surface area contributed by atoms with Crippen molar-refractivity contribution < 1.29 is 9.90 Å². The van der Waals surface area contributed by atoms with Gasteiger partial charge in [0.15, 0.2) is 0 Å². The Morgan fingerprint density at radius 1 is 1.41 bits per heavy atom. The molecule has 0 atom stereocenters. The first-order valence-corrected chi connectivity index (χ1v) is 5.82. The topological polar surface area (TPSA) is 50.2 Å². The number of carboxylic acids is 1. The number of aromatic carboxylic acids is 1. The third-order valence-electron chi connectivity index (χ3n) is 2.56. The van der Waals surface area contributed by atoms with Gasteiger partial charge in [0, 0.05) is 16.1 Å². The summed E-state index contributed by atoms with van der Waals surface area (Å²) in [5.41, 5.74) is 1.75. The summed E-state index contributed by atoms with van der Waals surface area (Å²) in [6, 6.07) is 6.75. The van der Waals surface area contributed by atoms with Crippen molar-refractivity contribution in [3.8, 4) is 0 Å². The molecule has 4 heteroatoms. The fourth-order valence-corrected chi connectivity index (χ4v) is 1.99. The minimum atomic E-state index is -0.947. The van der Waals surface area contributed by atoms with Gasteiger partial charge in [0.2, 0.25) is 0 Å². The molecule has 0 aliphatic heterocycles. The van der Waals surface area contributed by atoms with Crippen LogP contribution in [0.1, 0.15) is 29.4 Å². The zero-order valence-electron chi connectivity index (χ0n) is 9.40. The van der Waals surface area contributed by atoms with E-state index in [2.05, 4.69) is 4.98 Å². The summed E-state index contributed by atoms with van der Waals surface area (Å²) in [6.07, 6.45) is 1.71. The molecule has 17 heavy (non-hydrogen) atoms. The molecule has 0 aliphatic carbocycles. The summed E-state index contributed by atoms with van der Waals surface area (Å²) in [4.78, 5) is 15.6. The summed E-state index contributed by atoms with van der Waals surface area (Å²) < 4.78 is 0. The van der Waals surface area contributed by atoms with E-state index < -0.39 is 5.97 Å². The minimum absolute atomic E-state index is 0.265. The van der Waals surface area contributed by atoms with Crippen LogP contribution in [0.15, 0.2) is 24.3 Å². The maximum absolute atomic E-state index is 11.2. The van der Waals surface area contributed by atoms with Gasteiger partial charge >= 0.3 is 5.97 Å². The molecule has 0 radical (unpaired) electrons. The number of rotatable bonds is 3. The van der Waals surface area contributed by atoms with E-state index in [4.69, 9.17) is 11.6 Å². The van der Waals surface area contributed by atoms with Crippen LogP contribution >= 0.6 is 11.6 Å². The van der Waals surface area contributed by atoms with Gasteiger partial charge in [-0.25, -0.2) is 4.79 Å². The first-order chi connectivity index (χ1) is 8.11. The number of hydrogen-bond acceptors (Lipinski definition) is 2. The number of benzene rings is 1. The highest BCUT2D eigenvalue weighted by Crippen LogP contribution is 2.23. The predicted octanol–water partition coefficient (Wildman–Crippen LogP) is 3.54. The van der Waals surface area contributed by atoms with Crippen LogP contribution in [0.2, 0.25) is 5.02 Å². The Labute approximate surface area is 104 Å². The SMILES string of the molecule is CCCc1cc(C(=O)O)c2cc(Cl)ccc2n1. The third-order valence-corrected chi connectivity index (χ3v) is 2.80. The summed E-state index contributed by atoms with van der Waals surface area (Å²) >= 11 is 5.88. The van der Waals surface area contributed by atoms with Crippen molar-refractivity contribution in [1.82, 2.24) is 4.98 Å². The second-order valence-corrected chi connectivity index (χ2v) is 4.31. The van der Waals surface area contributed by atoms with Crippen LogP contribution < -0.4 is 0 Å². The number of hydrogen-bond donors (Lipinski definition) is 1. The summed E-state index contributed by atoms with van der Waals surface area (Å²) in [5.74, 6) is -0.947. The van der Waals surface area contributed by atoms with E-state index in [1.807, 2.05) is 6.92 Å². The normalized spacial score (nSPS) is 10.7. The van der Waals surface area contributed by atoms with E-state index in [0.29, 0.717) is 15.9 Å². The van der Waals surface area contributed by atoms with Crippen LogP contribution in [0.3, 0.4) is 0 Å². The van der Waals surface area contributed by atoms with E-state index in [1.54, 1.807) is 24.3 Å². The van der Waals surface area contributed by atoms with Crippen molar-refractivity contribution in [2.75, 3.05) is 0 Å². The first kappa shape index (κ1) is 11.9. The number of pyridine rings is 1. The van der Waals surface area contributed by atoms with Crippen molar-refractivity contribution >= 4 is 28.5 Å². The summed E-state index contributed by atoms with van der Waals surface area (Å²) in [5, 5.41) is 10.3. The van der Waals surface area contributed by atoms with Gasteiger partial charge in [0.25, 0.3) is 0 Å². The molecule has 0 saturated heterocycles. The second-order valence-electron chi connectivity index (χ2n) is 3.88. The predicted molar refractivity (Wildman–Crippen MR) is 67.7 cm³/mol. The Morgan fingerprint density at radius 3 is 2.82 bits per heavy atom. The third kappa shape index (κ3) is 2.39. The molecule has 2 rings (SSSR count). The molecule has 0 saturated carbocycles. The molecule has 0 spiro atoms. The van der Waals surface area contributed by atoms with Gasteiger partial charge in [-0.2, -0.15) is 0 Å². The highest BCUT2D eigenvalue weighted by molar-refractivity contribution is 6.31. The minimum Gasteiger partial charge on any atom is -0.478 e. The molecule has 3 nitrogen and oxygen atoms in total. The largest absolute Gasteiger partial charge is 0.478 e. The van der Waals surface area contributed by atoms with Crippen LogP contribution in [0, 0.1) is 0 Å². The maximum atomic E-state index is 11.2. The van der Waals surface area contributed by atoms with Gasteiger partial charge < -0.3 is 5.11 Å². The van der Waals surface area contributed by atoms with Gasteiger partial charge in [0.05, 0.1) is 11.1 Å². The average Bonchev–Trinajstić information content (AvgIpc) is 2.28. The van der Waals surface area contributed by atoms with Crippen molar-refractivity contribution in [1.29, 1.82) is 0 Å². The fraction of sp³-hybridized carbons (Fsp3) is 0.231. The van der Waals surface area contributed by atoms with Gasteiger partial charge in [-0.05, 0) is 30.7 Å². The summed E-state index contributed by atoms with van der Waals surface area (Å²) in [7, 11) is 0. The van der Waals surface area contributed by atoms with Gasteiger partial charge in [-0.15, -0.1) is 0 Å². The number of halogens is 1. The zero-order chi connectivity index (χ0) is 12.4. The Balaban J connectivity index is 2.72. The van der Waals surface area contributed by atoms with E-state index in [-0.39, 0.29) is 5.56 Å². The Kier molecular flexibility index (Phi) is 3.29. The molecular weight excluding hydrogens is 238 g/mol. The Hall–Kier alpha value is -1.61. The highest BCUT2D eigenvalue weighted by Gasteiger charge is 2.11. The lowest BCUT2D eigenvalue weighted by atomic mass is 10.1. The average molecular weight is 250 g/mol. The first-order valence-electron chi connectivity index (χ1n) is 5.44. The molecule has 0 unspecified atom stereocenters. The van der Waals surface area contributed by atoms with Crippen LogP contribution in [-0.2, 0) is 6.42 Å². The van der Waals surface area contributed by atoms with Crippen LogP contribution in [0.5, 0.6) is 0 Å². The lowest BCUT2D eigenvalue weighted by Gasteiger charge is -2.06. The van der Waals surface area contributed by atoms with Crippen molar-refractivity contribution in [3.63, 3.8) is 0 Å². The molecule has 0 amide bonds. The molecule has 1 aromatic carbocycles. The van der Waals surface area contributed by atoms with Crippen LogP contribution in [0.4, 0.5) is 0 Å². The number of nitrogens with zero attached hydrogens (tertiary/aromatic N) is 1. The molecule has 2 aromatic rings. The number of carbonyl (C=O) groups is 1. The Morgan fingerprint density at radius 2 is 2.18 bits per heavy atom. The number of fused-ring (bicyclic) bond motifs is 1. The number of aromatic nitrogens is 1. The molecule has 1 aromatic heterocycles. The van der Waals surface area contributed by atoms with E-state index in [0.717, 1.165) is 18.5 Å². The van der Waals surface area contributed by atoms with Crippen molar-refractivity contribution in [2.24, 2.45) is 0 Å². The monoisotopic (exact) mass is 249 g/mol. The lowest BCUT2D eigenvalue weighted by Crippen LogP contribution is -2.02. The quantitative estimate of drug-likeness (QED) is 0.905. The van der Waals surface area contributed by atoms with E-state index in [1.165, 1.54) is 0 Å². The summed E-state index contributed by atoms with van der Waals surface area (Å²) in [6.45, 7) is 2.04. The Bertz CT molecular complexity index is 581. The van der Waals surface area contributed by atoms with Gasteiger partial charge in [-0.3, -0.25) is 4.98 Å². The number of carboxylic acid groups (broad SMARTS) is 1. The molecule has 0 aliphatic rings. The van der Waals surface area contributed by atoms with Crippen LogP contribution in [-0.4, -0.2) is 16.1 Å². The fourth-order valence-electron chi connectivity index (χ4n) is 1.81. The zero-order valence-corrected chi connectivity index (χ0v) is 10.2. The highest BCUT2D eigenvalue weighted by atomic mass is 35.5. The maximum Gasteiger partial charge on any atom is 0.336 e. The lowest BCUT2D eigenvalue weighted by molar-refractivity contribution is 0.0699. The van der Waals surface area contributed by atoms with E-state index >= 15 is 0 Å². The molecular formula is C13H12ClNO2. The van der Waals surface area contributed by atoms with E-state index in [9.17, 15) is 9.90 Å². The number of aryl methyl sites for hydroxylation is 1. The standard InChI is InChI=1S/C13H12ClNO2/c1-2-3-9-7-11(13(16)17)10-6-8(14)4-5-12(10)15-9/h4-7H,2-3H2,1H3,(H,16,17). The van der Waals surface area contributed by atoms with Gasteiger partial charge in [0.1, 0.15) is 0 Å². The van der Waals surface area contributed by atoms with Crippen LogP contribution in [0.25, 0.3) is 10.9 Å². The van der Waals surface area contributed by atoms with Crippen molar-refractivity contribution in [3.05, 3.63) is 40.5 Å². The molecule has 0 fully saturated rings. The smallest absolute Gasteiger partial charge is 0.336 e.